The van der Waals surface area contributed by atoms with Crippen LogP contribution in [0.15, 0.2) is 23.1 Å². The van der Waals surface area contributed by atoms with Crippen molar-refractivity contribution in [3.63, 3.8) is 0 Å². The summed E-state index contributed by atoms with van der Waals surface area (Å²) in [4.78, 5) is 9.87. The molecule has 1 aromatic carbocycles. The van der Waals surface area contributed by atoms with E-state index < -0.39 is 20.6 Å². The topological polar surface area (TPSA) is 101 Å². The van der Waals surface area contributed by atoms with Crippen molar-refractivity contribution >= 4 is 21.4 Å². The molecule has 0 atom stereocenters. The maximum atomic E-state index is 11.9. The lowest BCUT2D eigenvalue weighted by Gasteiger charge is -2.07. The van der Waals surface area contributed by atoms with E-state index >= 15 is 0 Å². The third kappa shape index (κ3) is 3.17. The molecule has 0 aliphatic rings. The van der Waals surface area contributed by atoms with E-state index in [-0.39, 0.29) is 11.4 Å². The molecule has 1 aromatic rings. The summed E-state index contributed by atoms with van der Waals surface area (Å²) < 4.78 is 26.1. The zero-order chi connectivity index (χ0) is 13.8. The highest BCUT2D eigenvalue weighted by Gasteiger charge is 2.25. The molecule has 0 aliphatic carbocycles. The first kappa shape index (κ1) is 14.4. The van der Waals surface area contributed by atoms with Gasteiger partial charge in [0.1, 0.15) is 0 Å². The van der Waals surface area contributed by atoms with E-state index in [1.807, 2.05) is 0 Å². The van der Waals surface area contributed by atoms with Crippen molar-refractivity contribution in [3.8, 4) is 0 Å². The SMILES string of the molecule is CCCNS(=O)(=O)c1ccc(NC)cc1[N+](=O)[O-]. The van der Waals surface area contributed by atoms with Crippen LogP contribution in [0, 0.1) is 10.1 Å². The smallest absolute Gasteiger partial charge is 0.291 e. The van der Waals surface area contributed by atoms with Crippen molar-refractivity contribution < 1.29 is 13.3 Å². The van der Waals surface area contributed by atoms with Crippen LogP contribution in [0.2, 0.25) is 0 Å². The Kier molecular flexibility index (Phi) is 4.62. The van der Waals surface area contributed by atoms with Crippen LogP contribution in [-0.4, -0.2) is 26.9 Å². The summed E-state index contributed by atoms with van der Waals surface area (Å²) in [7, 11) is -2.24. The number of nitro benzene ring substituents is 1. The van der Waals surface area contributed by atoms with Gasteiger partial charge < -0.3 is 5.32 Å². The molecule has 1 rings (SSSR count). The molecular weight excluding hydrogens is 258 g/mol. The minimum absolute atomic E-state index is 0.243. The molecule has 0 saturated carbocycles. The van der Waals surface area contributed by atoms with Crippen LogP contribution in [0.25, 0.3) is 0 Å². The fourth-order valence-electron chi connectivity index (χ4n) is 1.36. The van der Waals surface area contributed by atoms with Gasteiger partial charge in [0.15, 0.2) is 4.90 Å². The molecule has 8 heteroatoms. The van der Waals surface area contributed by atoms with E-state index in [4.69, 9.17) is 0 Å². The van der Waals surface area contributed by atoms with E-state index in [0.717, 1.165) is 0 Å². The number of sulfonamides is 1. The Labute approximate surface area is 105 Å². The van der Waals surface area contributed by atoms with Gasteiger partial charge in [0.05, 0.1) is 4.92 Å². The lowest BCUT2D eigenvalue weighted by atomic mass is 10.3. The zero-order valence-corrected chi connectivity index (χ0v) is 11.0. The number of nitro groups is 1. The van der Waals surface area contributed by atoms with Crippen LogP contribution >= 0.6 is 0 Å². The first-order valence-corrected chi connectivity index (χ1v) is 6.86. The van der Waals surface area contributed by atoms with E-state index in [1.54, 1.807) is 14.0 Å². The van der Waals surface area contributed by atoms with Gasteiger partial charge in [-0.2, -0.15) is 0 Å². The van der Waals surface area contributed by atoms with Crippen molar-refractivity contribution in [2.45, 2.75) is 18.2 Å². The Morgan fingerprint density at radius 2 is 2.06 bits per heavy atom. The lowest BCUT2D eigenvalue weighted by Crippen LogP contribution is -2.25. The standard InChI is InChI=1S/C10H15N3O4S/c1-3-6-12-18(16,17)10-5-4-8(11-2)7-9(10)13(14)15/h4-5,7,11-12H,3,6H2,1-2H3. The van der Waals surface area contributed by atoms with Crippen LogP contribution in [0.3, 0.4) is 0 Å². The molecule has 0 saturated heterocycles. The summed E-state index contributed by atoms with van der Waals surface area (Å²) in [5, 5.41) is 13.6. The number of nitrogens with zero attached hydrogens (tertiary/aromatic N) is 1. The van der Waals surface area contributed by atoms with Gasteiger partial charge in [0.2, 0.25) is 10.0 Å². The molecule has 2 N–H and O–H groups in total. The fourth-order valence-corrected chi connectivity index (χ4v) is 2.64. The number of anilines is 1. The van der Waals surface area contributed by atoms with Gasteiger partial charge in [0, 0.05) is 25.3 Å². The molecule has 0 aliphatic heterocycles. The predicted molar refractivity (Wildman–Crippen MR) is 68.1 cm³/mol. The molecule has 18 heavy (non-hydrogen) atoms. The summed E-state index contributed by atoms with van der Waals surface area (Å²) in [5.74, 6) is 0. The normalized spacial score (nSPS) is 11.2. The Balaban J connectivity index is 3.27. The molecule has 0 aromatic heterocycles. The van der Waals surface area contributed by atoms with Crippen LogP contribution in [0.1, 0.15) is 13.3 Å². The molecule has 100 valence electrons. The Bertz CT molecular complexity index is 542. The summed E-state index contributed by atoms with van der Waals surface area (Å²) in [5.41, 5.74) is 0.0431. The number of hydrogen-bond donors (Lipinski definition) is 2. The first-order chi connectivity index (χ1) is 8.42. The van der Waals surface area contributed by atoms with Gasteiger partial charge in [-0.1, -0.05) is 6.92 Å². The molecule has 0 spiro atoms. The van der Waals surface area contributed by atoms with E-state index in [0.29, 0.717) is 12.1 Å². The summed E-state index contributed by atoms with van der Waals surface area (Å²) in [6.07, 6.45) is 0.613. The number of nitrogens with one attached hydrogen (secondary N) is 2. The molecule has 0 radical (unpaired) electrons. The summed E-state index contributed by atoms with van der Waals surface area (Å²) in [6, 6.07) is 3.90. The Morgan fingerprint density at radius 3 is 2.56 bits per heavy atom. The highest BCUT2D eigenvalue weighted by Crippen LogP contribution is 2.26. The third-order valence-electron chi connectivity index (χ3n) is 2.28. The molecule has 0 fully saturated rings. The van der Waals surface area contributed by atoms with Crippen molar-refractivity contribution in [1.29, 1.82) is 0 Å². The zero-order valence-electron chi connectivity index (χ0n) is 10.1. The number of rotatable bonds is 6. The van der Waals surface area contributed by atoms with Crippen LogP contribution in [0.5, 0.6) is 0 Å². The molecule has 0 amide bonds. The second-order valence-corrected chi connectivity index (χ2v) is 5.32. The minimum Gasteiger partial charge on any atom is -0.388 e. The predicted octanol–water partition coefficient (Wildman–Crippen LogP) is 1.32. The van der Waals surface area contributed by atoms with E-state index in [9.17, 15) is 18.5 Å². The lowest BCUT2D eigenvalue weighted by molar-refractivity contribution is -0.387. The van der Waals surface area contributed by atoms with Crippen molar-refractivity contribution in [2.24, 2.45) is 0 Å². The number of hydrogen-bond acceptors (Lipinski definition) is 5. The monoisotopic (exact) mass is 273 g/mol. The van der Waals surface area contributed by atoms with E-state index in [2.05, 4.69) is 10.0 Å². The van der Waals surface area contributed by atoms with Crippen molar-refractivity contribution in [3.05, 3.63) is 28.3 Å². The summed E-state index contributed by atoms with van der Waals surface area (Å²) >= 11 is 0. The highest BCUT2D eigenvalue weighted by molar-refractivity contribution is 7.89. The van der Waals surface area contributed by atoms with Gasteiger partial charge in [-0.25, -0.2) is 13.1 Å². The van der Waals surface area contributed by atoms with Crippen molar-refractivity contribution in [1.82, 2.24) is 4.72 Å². The average Bonchev–Trinajstić information content (AvgIpc) is 2.35. The maximum Gasteiger partial charge on any atom is 0.291 e. The second kappa shape index (κ2) is 5.78. The van der Waals surface area contributed by atoms with E-state index in [1.165, 1.54) is 18.2 Å². The van der Waals surface area contributed by atoms with Crippen molar-refractivity contribution in [2.75, 3.05) is 18.9 Å². The Hall–Kier alpha value is -1.67. The molecule has 0 heterocycles. The largest absolute Gasteiger partial charge is 0.388 e. The third-order valence-corrected chi connectivity index (χ3v) is 3.78. The van der Waals surface area contributed by atoms with Crippen LogP contribution in [-0.2, 0) is 10.0 Å². The van der Waals surface area contributed by atoms with Gasteiger partial charge >= 0.3 is 0 Å². The van der Waals surface area contributed by atoms with Crippen LogP contribution in [0.4, 0.5) is 11.4 Å². The van der Waals surface area contributed by atoms with Gasteiger partial charge in [-0.3, -0.25) is 10.1 Å². The quantitative estimate of drug-likeness (QED) is 0.601. The first-order valence-electron chi connectivity index (χ1n) is 5.38. The van der Waals surface area contributed by atoms with Crippen LogP contribution < -0.4 is 10.0 Å². The highest BCUT2D eigenvalue weighted by atomic mass is 32.2. The molecule has 7 nitrogen and oxygen atoms in total. The van der Waals surface area contributed by atoms with Gasteiger partial charge in [0.25, 0.3) is 5.69 Å². The second-order valence-electron chi connectivity index (χ2n) is 3.59. The fraction of sp³-hybridized carbons (Fsp3) is 0.400. The molecule has 0 bridgehead atoms. The number of benzene rings is 1. The summed E-state index contributed by atoms with van der Waals surface area (Å²) in [6.45, 7) is 2.05. The van der Waals surface area contributed by atoms with Gasteiger partial charge in [-0.05, 0) is 18.6 Å². The molecule has 0 unspecified atom stereocenters. The Morgan fingerprint density at radius 1 is 1.39 bits per heavy atom. The minimum atomic E-state index is -3.84. The molecular formula is C10H15N3O4S. The maximum absolute atomic E-state index is 11.9. The average molecular weight is 273 g/mol. The van der Waals surface area contributed by atoms with Gasteiger partial charge in [-0.15, -0.1) is 0 Å².